The van der Waals surface area contributed by atoms with E-state index in [1.807, 2.05) is 27.7 Å². The van der Waals surface area contributed by atoms with Crippen LogP contribution in [-0.2, 0) is 28.0 Å². The van der Waals surface area contributed by atoms with Crippen molar-refractivity contribution in [1.82, 2.24) is 4.98 Å². The van der Waals surface area contributed by atoms with Gasteiger partial charge in [-0.1, -0.05) is 38.4 Å². The van der Waals surface area contributed by atoms with E-state index >= 15 is 0 Å². The van der Waals surface area contributed by atoms with Gasteiger partial charge in [-0.05, 0) is 31.5 Å². The lowest BCUT2D eigenvalue weighted by Gasteiger charge is -2.14. The minimum atomic E-state index is -1.01. The maximum Gasteiger partial charge on any atom is 0.333 e. The Morgan fingerprint density at radius 1 is 1.37 bits per heavy atom. The summed E-state index contributed by atoms with van der Waals surface area (Å²) in [6, 6.07) is 5.18. The van der Waals surface area contributed by atoms with Crippen molar-refractivity contribution in [2.75, 3.05) is 6.61 Å². The van der Waals surface area contributed by atoms with Crippen LogP contribution < -0.4 is 4.74 Å². The number of hydrogen-bond donors (Lipinski definition) is 1. The number of oxazole rings is 1. The molecule has 0 saturated heterocycles. The number of rotatable bonds is 8. The van der Waals surface area contributed by atoms with Crippen LogP contribution in [0.15, 0.2) is 22.6 Å². The molecule has 2 rings (SSSR count). The van der Waals surface area contributed by atoms with E-state index in [-0.39, 0.29) is 18.4 Å². The molecule has 1 aromatic heterocycles. The minimum Gasteiger partial charge on any atom is -0.487 e. The molecule has 7 heteroatoms. The molecule has 0 aliphatic carbocycles. The largest absolute Gasteiger partial charge is 0.487 e. The SMILES string of the molecule is CCOC(Cc1ccc(OCc2nc(C(C)(C)C)oc2C)cc1Cl)C(=O)O. The number of aromatic nitrogens is 1. The third-order valence-corrected chi connectivity index (χ3v) is 4.33. The van der Waals surface area contributed by atoms with Gasteiger partial charge in [0.25, 0.3) is 0 Å². The van der Waals surface area contributed by atoms with E-state index in [1.54, 1.807) is 25.1 Å². The number of hydrogen-bond acceptors (Lipinski definition) is 5. The molecular formula is C20H26ClNO5. The second kappa shape index (κ2) is 8.76. The van der Waals surface area contributed by atoms with E-state index in [2.05, 4.69) is 4.98 Å². The van der Waals surface area contributed by atoms with Crippen molar-refractivity contribution in [2.45, 2.75) is 59.2 Å². The average molecular weight is 396 g/mol. The summed E-state index contributed by atoms with van der Waals surface area (Å²) in [5.41, 5.74) is 1.26. The summed E-state index contributed by atoms with van der Waals surface area (Å²) in [4.78, 5) is 15.7. The van der Waals surface area contributed by atoms with Crippen molar-refractivity contribution >= 4 is 17.6 Å². The number of nitrogens with zero attached hydrogens (tertiary/aromatic N) is 1. The Morgan fingerprint density at radius 3 is 2.59 bits per heavy atom. The molecule has 0 aliphatic heterocycles. The number of halogens is 1. The van der Waals surface area contributed by atoms with Crippen LogP contribution in [0.5, 0.6) is 5.75 Å². The Balaban J connectivity index is 2.06. The van der Waals surface area contributed by atoms with Crippen molar-refractivity contribution in [3.63, 3.8) is 0 Å². The van der Waals surface area contributed by atoms with Gasteiger partial charge < -0.3 is 19.0 Å². The summed E-state index contributed by atoms with van der Waals surface area (Å²) in [5.74, 6) is 0.961. The normalized spacial score (nSPS) is 12.8. The van der Waals surface area contributed by atoms with Gasteiger partial charge in [-0.3, -0.25) is 0 Å². The zero-order valence-electron chi connectivity index (χ0n) is 16.3. The Labute approximate surface area is 164 Å². The molecule has 1 aromatic carbocycles. The highest BCUT2D eigenvalue weighted by atomic mass is 35.5. The van der Waals surface area contributed by atoms with Crippen LogP contribution in [0.3, 0.4) is 0 Å². The number of carboxylic acids is 1. The first-order valence-corrected chi connectivity index (χ1v) is 9.22. The van der Waals surface area contributed by atoms with Crippen LogP contribution >= 0.6 is 11.6 Å². The van der Waals surface area contributed by atoms with Gasteiger partial charge >= 0.3 is 5.97 Å². The van der Waals surface area contributed by atoms with Crippen molar-refractivity contribution in [3.05, 3.63) is 46.1 Å². The molecule has 1 N–H and O–H groups in total. The topological polar surface area (TPSA) is 81.8 Å². The lowest BCUT2D eigenvalue weighted by atomic mass is 9.97. The third-order valence-electron chi connectivity index (χ3n) is 3.98. The second-order valence-electron chi connectivity index (χ2n) is 7.30. The zero-order chi connectivity index (χ0) is 20.2. The Morgan fingerprint density at radius 2 is 2.07 bits per heavy atom. The van der Waals surface area contributed by atoms with Crippen LogP contribution in [0.25, 0.3) is 0 Å². The number of aliphatic carboxylic acids is 1. The van der Waals surface area contributed by atoms with E-state index in [4.69, 9.17) is 25.5 Å². The Hall–Kier alpha value is -2.05. The molecule has 27 heavy (non-hydrogen) atoms. The highest BCUT2D eigenvalue weighted by Crippen LogP contribution is 2.27. The van der Waals surface area contributed by atoms with Gasteiger partial charge in [0.2, 0.25) is 0 Å². The standard InChI is InChI=1S/C20H26ClNO5/c1-6-25-17(18(23)24)9-13-7-8-14(10-15(13)21)26-11-16-12(2)27-19(22-16)20(3,4)5/h7-8,10,17H,6,9,11H2,1-5H3,(H,23,24). The summed E-state index contributed by atoms with van der Waals surface area (Å²) < 4.78 is 16.7. The fraction of sp³-hybridized carbons (Fsp3) is 0.500. The van der Waals surface area contributed by atoms with Crippen LogP contribution in [0.4, 0.5) is 0 Å². The van der Waals surface area contributed by atoms with Crippen molar-refractivity contribution in [2.24, 2.45) is 0 Å². The van der Waals surface area contributed by atoms with Gasteiger partial charge in [0, 0.05) is 23.5 Å². The highest BCUT2D eigenvalue weighted by molar-refractivity contribution is 6.31. The van der Waals surface area contributed by atoms with Crippen LogP contribution in [0, 0.1) is 6.92 Å². The molecule has 0 spiro atoms. The molecule has 6 nitrogen and oxygen atoms in total. The maximum absolute atomic E-state index is 11.2. The predicted molar refractivity (Wildman–Crippen MR) is 102 cm³/mol. The third kappa shape index (κ3) is 5.71. The summed E-state index contributed by atoms with van der Waals surface area (Å²) >= 11 is 6.29. The number of aryl methyl sites for hydroxylation is 1. The first-order valence-electron chi connectivity index (χ1n) is 8.84. The smallest absolute Gasteiger partial charge is 0.333 e. The van der Waals surface area contributed by atoms with E-state index in [9.17, 15) is 9.90 Å². The second-order valence-corrected chi connectivity index (χ2v) is 7.71. The highest BCUT2D eigenvalue weighted by Gasteiger charge is 2.23. The molecule has 0 saturated carbocycles. The lowest BCUT2D eigenvalue weighted by Crippen LogP contribution is -2.26. The molecule has 0 aliphatic rings. The zero-order valence-corrected chi connectivity index (χ0v) is 17.1. The van der Waals surface area contributed by atoms with Crippen molar-refractivity contribution in [1.29, 1.82) is 0 Å². The predicted octanol–water partition coefficient (Wildman–Crippen LogP) is 4.55. The summed E-state index contributed by atoms with van der Waals surface area (Å²) in [6.07, 6.45) is -0.729. The van der Waals surface area contributed by atoms with Crippen LogP contribution in [0.1, 0.15) is 50.6 Å². The molecule has 2 aromatic rings. The number of benzene rings is 1. The molecule has 1 unspecified atom stereocenters. The van der Waals surface area contributed by atoms with Crippen LogP contribution in [-0.4, -0.2) is 28.8 Å². The monoisotopic (exact) mass is 395 g/mol. The van der Waals surface area contributed by atoms with Crippen molar-refractivity contribution in [3.8, 4) is 5.75 Å². The van der Waals surface area contributed by atoms with Gasteiger partial charge in [0.15, 0.2) is 12.0 Å². The maximum atomic E-state index is 11.2. The fourth-order valence-electron chi connectivity index (χ4n) is 2.44. The van der Waals surface area contributed by atoms with Gasteiger partial charge in [-0.2, -0.15) is 0 Å². The average Bonchev–Trinajstić information content (AvgIpc) is 2.95. The summed E-state index contributed by atoms with van der Waals surface area (Å²) in [7, 11) is 0. The molecular weight excluding hydrogens is 370 g/mol. The quantitative estimate of drug-likeness (QED) is 0.706. The van der Waals surface area contributed by atoms with E-state index < -0.39 is 12.1 Å². The first-order chi connectivity index (χ1) is 12.6. The van der Waals surface area contributed by atoms with E-state index in [0.29, 0.717) is 28.8 Å². The molecule has 0 bridgehead atoms. The summed E-state index contributed by atoms with van der Waals surface area (Å²) in [6.45, 7) is 10.3. The van der Waals surface area contributed by atoms with E-state index in [0.717, 1.165) is 11.5 Å². The van der Waals surface area contributed by atoms with Gasteiger partial charge in [-0.15, -0.1) is 0 Å². The fourth-order valence-corrected chi connectivity index (χ4v) is 2.68. The number of carbonyl (C=O) groups is 1. The van der Waals surface area contributed by atoms with Gasteiger partial charge in [-0.25, -0.2) is 9.78 Å². The Kier molecular flexibility index (Phi) is 6.89. The molecule has 1 heterocycles. The molecule has 0 radical (unpaired) electrons. The Bertz CT molecular complexity index is 794. The number of carboxylic acid groups (broad SMARTS) is 1. The lowest BCUT2D eigenvalue weighted by molar-refractivity contribution is -0.149. The molecule has 0 amide bonds. The summed E-state index contributed by atoms with van der Waals surface area (Å²) in [5, 5.41) is 9.63. The number of ether oxygens (including phenoxy) is 2. The minimum absolute atomic E-state index is 0.171. The molecule has 148 valence electrons. The first kappa shape index (κ1) is 21.3. The van der Waals surface area contributed by atoms with Gasteiger partial charge in [0.1, 0.15) is 23.8 Å². The van der Waals surface area contributed by atoms with Crippen molar-refractivity contribution < 1.29 is 23.8 Å². The molecule has 0 fully saturated rings. The van der Waals surface area contributed by atoms with Gasteiger partial charge in [0.05, 0.1) is 0 Å². The van der Waals surface area contributed by atoms with E-state index in [1.165, 1.54) is 0 Å². The molecule has 1 atom stereocenters. The van der Waals surface area contributed by atoms with Crippen LogP contribution in [0.2, 0.25) is 5.02 Å².